The summed E-state index contributed by atoms with van der Waals surface area (Å²) < 4.78 is 0. The third kappa shape index (κ3) is 2.63. The SMILES string of the molecule is O=C1CCN(c2ncc(-c3ccccc3Cl)nn2)CC1. The van der Waals surface area contributed by atoms with Gasteiger partial charge >= 0.3 is 0 Å². The maximum absolute atomic E-state index is 11.2. The average Bonchev–Trinajstić information content (AvgIpc) is 2.49. The second-order valence-corrected chi connectivity index (χ2v) is 5.06. The number of halogens is 1. The Labute approximate surface area is 121 Å². The zero-order valence-electron chi connectivity index (χ0n) is 10.8. The number of carbonyl (C=O) groups is 1. The third-order valence-corrected chi connectivity index (χ3v) is 3.63. The van der Waals surface area contributed by atoms with Gasteiger partial charge in [0.1, 0.15) is 11.5 Å². The summed E-state index contributed by atoms with van der Waals surface area (Å²) in [5, 5.41) is 8.95. The van der Waals surface area contributed by atoms with Gasteiger partial charge in [-0.1, -0.05) is 29.8 Å². The van der Waals surface area contributed by atoms with Crippen LogP contribution < -0.4 is 4.90 Å². The van der Waals surface area contributed by atoms with E-state index in [2.05, 4.69) is 15.2 Å². The van der Waals surface area contributed by atoms with Gasteiger partial charge in [0, 0.05) is 31.5 Å². The molecule has 0 saturated carbocycles. The molecule has 2 heterocycles. The summed E-state index contributed by atoms with van der Waals surface area (Å²) in [4.78, 5) is 17.5. The predicted molar refractivity (Wildman–Crippen MR) is 76.7 cm³/mol. The second-order valence-electron chi connectivity index (χ2n) is 4.65. The number of hydrogen-bond acceptors (Lipinski definition) is 5. The molecule has 0 bridgehead atoms. The fourth-order valence-electron chi connectivity index (χ4n) is 2.16. The Hall–Kier alpha value is -2.01. The Bertz CT molecular complexity index is 619. The van der Waals surface area contributed by atoms with Crippen molar-refractivity contribution >= 4 is 23.3 Å². The molecule has 0 amide bonds. The van der Waals surface area contributed by atoms with E-state index in [0.29, 0.717) is 48.4 Å². The van der Waals surface area contributed by atoms with Gasteiger partial charge in [0.05, 0.1) is 11.2 Å². The molecule has 0 atom stereocenters. The fourth-order valence-corrected chi connectivity index (χ4v) is 2.40. The molecular weight excluding hydrogens is 276 g/mol. The summed E-state index contributed by atoms with van der Waals surface area (Å²) in [6.07, 6.45) is 2.77. The van der Waals surface area contributed by atoms with Crippen molar-refractivity contribution in [1.82, 2.24) is 15.2 Å². The van der Waals surface area contributed by atoms with E-state index in [1.165, 1.54) is 0 Å². The average molecular weight is 289 g/mol. The molecule has 1 aliphatic heterocycles. The van der Waals surface area contributed by atoms with E-state index in [0.717, 1.165) is 5.56 Å². The maximum Gasteiger partial charge on any atom is 0.245 e. The first-order valence-electron chi connectivity index (χ1n) is 6.45. The summed E-state index contributed by atoms with van der Waals surface area (Å²) in [5.41, 5.74) is 1.46. The molecule has 6 heteroatoms. The Morgan fingerprint density at radius 1 is 1.10 bits per heavy atom. The van der Waals surface area contributed by atoms with Crippen molar-refractivity contribution in [3.63, 3.8) is 0 Å². The van der Waals surface area contributed by atoms with Crippen LogP contribution in [0, 0.1) is 0 Å². The van der Waals surface area contributed by atoms with Crippen molar-refractivity contribution in [2.24, 2.45) is 0 Å². The zero-order chi connectivity index (χ0) is 13.9. The first kappa shape index (κ1) is 13.0. The van der Waals surface area contributed by atoms with E-state index in [4.69, 9.17) is 11.6 Å². The molecule has 102 valence electrons. The van der Waals surface area contributed by atoms with Crippen LogP contribution in [0.5, 0.6) is 0 Å². The summed E-state index contributed by atoms with van der Waals surface area (Å²) in [6.45, 7) is 1.32. The lowest BCUT2D eigenvalue weighted by Gasteiger charge is -2.25. The monoisotopic (exact) mass is 288 g/mol. The van der Waals surface area contributed by atoms with E-state index in [-0.39, 0.29) is 0 Å². The minimum Gasteiger partial charge on any atom is -0.339 e. The molecule has 1 saturated heterocycles. The highest BCUT2D eigenvalue weighted by Gasteiger charge is 2.18. The van der Waals surface area contributed by atoms with Gasteiger partial charge in [-0.25, -0.2) is 4.98 Å². The van der Waals surface area contributed by atoms with Crippen LogP contribution in [0.4, 0.5) is 5.95 Å². The first-order valence-corrected chi connectivity index (χ1v) is 6.83. The van der Waals surface area contributed by atoms with Gasteiger partial charge < -0.3 is 4.90 Å². The number of benzene rings is 1. The number of nitrogens with zero attached hydrogens (tertiary/aromatic N) is 4. The quantitative estimate of drug-likeness (QED) is 0.849. The van der Waals surface area contributed by atoms with E-state index in [9.17, 15) is 4.79 Å². The van der Waals surface area contributed by atoms with Crippen molar-refractivity contribution in [1.29, 1.82) is 0 Å². The van der Waals surface area contributed by atoms with Crippen LogP contribution in [-0.4, -0.2) is 34.1 Å². The maximum atomic E-state index is 11.2. The van der Waals surface area contributed by atoms with Crippen LogP contribution in [0.25, 0.3) is 11.3 Å². The molecule has 0 aliphatic carbocycles. The first-order chi connectivity index (χ1) is 9.74. The summed E-state index contributed by atoms with van der Waals surface area (Å²) in [7, 11) is 0. The number of carbonyl (C=O) groups excluding carboxylic acids is 1. The molecule has 1 aromatic carbocycles. The van der Waals surface area contributed by atoms with Gasteiger partial charge in [0.15, 0.2) is 0 Å². The van der Waals surface area contributed by atoms with Crippen LogP contribution in [0.15, 0.2) is 30.5 Å². The van der Waals surface area contributed by atoms with Crippen molar-refractivity contribution in [3.8, 4) is 11.3 Å². The number of piperidine rings is 1. The van der Waals surface area contributed by atoms with Gasteiger partial charge in [-0.2, -0.15) is 0 Å². The van der Waals surface area contributed by atoms with Crippen molar-refractivity contribution in [3.05, 3.63) is 35.5 Å². The predicted octanol–water partition coefficient (Wildman–Crippen LogP) is 2.36. The third-order valence-electron chi connectivity index (χ3n) is 3.30. The van der Waals surface area contributed by atoms with Crippen LogP contribution in [-0.2, 0) is 4.79 Å². The number of aromatic nitrogens is 3. The molecule has 0 radical (unpaired) electrons. The Morgan fingerprint density at radius 3 is 2.50 bits per heavy atom. The van der Waals surface area contributed by atoms with Crippen molar-refractivity contribution < 1.29 is 4.79 Å². The molecule has 0 N–H and O–H groups in total. The molecule has 1 aromatic heterocycles. The van der Waals surface area contributed by atoms with E-state index in [1.54, 1.807) is 6.20 Å². The van der Waals surface area contributed by atoms with Gasteiger partial charge in [0.25, 0.3) is 0 Å². The highest BCUT2D eigenvalue weighted by Crippen LogP contribution is 2.25. The summed E-state index contributed by atoms with van der Waals surface area (Å²) in [6, 6.07) is 7.45. The number of Topliss-reactive ketones (excluding diaryl/α,β-unsaturated/α-hetero) is 1. The van der Waals surface area contributed by atoms with Gasteiger partial charge in [0.2, 0.25) is 5.95 Å². The van der Waals surface area contributed by atoms with Gasteiger partial charge in [-0.3, -0.25) is 4.79 Å². The Balaban J connectivity index is 1.81. The highest BCUT2D eigenvalue weighted by atomic mass is 35.5. The fraction of sp³-hybridized carbons (Fsp3) is 0.286. The van der Waals surface area contributed by atoms with Crippen LogP contribution in [0.1, 0.15) is 12.8 Å². The van der Waals surface area contributed by atoms with E-state index in [1.807, 2.05) is 29.2 Å². The molecule has 0 unspecified atom stereocenters. The number of hydrogen-bond donors (Lipinski definition) is 0. The minimum absolute atomic E-state index is 0.293. The number of anilines is 1. The van der Waals surface area contributed by atoms with Crippen LogP contribution in [0.3, 0.4) is 0 Å². The molecule has 3 rings (SSSR count). The molecular formula is C14H13ClN4O. The molecule has 5 nitrogen and oxygen atoms in total. The largest absolute Gasteiger partial charge is 0.339 e. The van der Waals surface area contributed by atoms with Crippen LogP contribution >= 0.6 is 11.6 Å². The van der Waals surface area contributed by atoms with Crippen molar-refractivity contribution in [2.75, 3.05) is 18.0 Å². The second kappa shape index (κ2) is 5.54. The number of ketones is 1. The van der Waals surface area contributed by atoms with Gasteiger partial charge in [-0.05, 0) is 6.07 Å². The Morgan fingerprint density at radius 2 is 1.85 bits per heavy atom. The van der Waals surface area contributed by atoms with E-state index >= 15 is 0 Å². The summed E-state index contributed by atoms with van der Waals surface area (Å²) in [5.74, 6) is 0.857. The van der Waals surface area contributed by atoms with Crippen LogP contribution in [0.2, 0.25) is 5.02 Å². The lowest BCUT2D eigenvalue weighted by molar-refractivity contribution is -0.119. The lowest BCUT2D eigenvalue weighted by Crippen LogP contribution is -2.35. The minimum atomic E-state index is 0.293. The highest BCUT2D eigenvalue weighted by molar-refractivity contribution is 6.33. The Kier molecular flexibility index (Phi) is 3.60. The normalized spacial score (nSPS) is 15.4. The van der Waals surface area contributed by atoms with E-state index < -0.39 is 0 Å². The topological polar surface area (TPSA) is 59.0 Å². The molecule has 0 spiro atoms. The number of rotatable bonds is 2. The standard InChI is InChI=1S/C14H13ClN4O/c15-12-4-2-1-3-11(12)13-9-16-14(18-17-13)19-7-5-10(20)6-8-19/h1-4,9H,5-8H2. The summed E-state index contributed by atoms with van der Waals surface area (Å²) >= 11 is 6.12. The lowest BCUT2D eigenvalue weighted by atomic mass is 10.1. The molecule has 1 aliphatic rings. The van der Waals surface area contributed by atoms with Crippen molar-refractivity contribution in [2.45, 2.75) is 12.8 Å². The smallest absolute Gasteiger partial charge is 0.245 e. The van der Waals surface area contributed by atoms with Gasteiger partial charge in [-0.15, -0.1) is 10.2 Å². The zero-order valence-corrected chi connectivity index (χ0v) is 11.5. The molecule has 1 fully saturated rings. The molecule has 20 heavy (non-hydrogen) atoms. The molecule has 2 aromatic rings.